The van der Waals surface area contributed by atoms with Crippen molar-refractivity contribution in [1.82, 2.24) is 15.0 Å². The second-order valence-corrected chi connectivity index (χ2v) is 6.60. The molecular formula is C21H24N4O4. The lowest BCUT2D eigenvalue weighted by molar-refractivity contribution is 0.101. The Bertz CT molecular complexity index is 1010. The number of anilines is 1. The van der Waals surface area contributed by atoms with Crippen LogP contribution in [0.4, 0.5) is 5.69 Å². The summed E-state index contributed by atoms with van der Waals surface area (Å²) in [5, 5.41) is 11.1. The van der Waals surface area contributed by atoms with E-state index in [9.17, 15) is 4.79 Å². The molecule has 0 saturated heterocycles. The van der Waals surface area contributed by atoms with Crippen molar-refractivity contribution in [2.45, 2.75) is 20.5 Å². The summed E-state index contributed by atoms with van der Waals surface area (Å²) in [6.07, 6.45) is 0. The van der Waals surface area contributed by atoms with Gasteiger partial charge in [0.2, 0.25) is 0 Å². The second-order valence-electron chi connectivity index (χ2n) is 6.60. The number of nitrogens with zero attached hydrogens (tertiary/aromatic N) is 3. The van der Waals surface area contributed by atoms with Gasteiger partial charge in [-0.25, -0.2) is 4.68 Å². The van der Waals surface area contributed by atoms with E-state index in [4.69, 9.17) is 14.2 Å². The summed E-state index contributed by atoms with van der Waals surface area (Å²) in [5.74, 6) is 0.699. The molecule has 8 heteroatoms. The summed E-state index contributed by atoms with van der Waals surface area (Å²) in [4.78, 5) is 12.9. The van der Waals surface area contributed by atoms with Crippen LogP contribution in [0.3, 0.4) is 0 Å². The van der Waals surface area contributed by atoms with Crippen molar-refractivity contribution < 1.29 is 19.0 Å². The minimum Gasteiger partial charge on any atom is -0.497 e. The summed E-state index contributed by atoms with van der Waals surface area (Å²) in [5.41, 5.74) is 4.25. The molecule has 0 atom stereocenters. The Labute approximate surface area is 169 Å². The van der Waals surface area contributed by atoms with Crippen molar-refractivity contribution in [3.8, 4) is 17.2 Å². The van der Waals surface area contributed by atoms with E-state index in [2.05, 4.69) is 21.7 Å². The molecule has 0 unspecified atom stereocenters. The Morgan fingerprint density at radius 2 is 1.76 bits per heavy atom. The molecule has 3 aromatic rings. The van der Waals surface area contributed by atoms with E-state index in [1.54, 1.807) is 37.1 Å². The highest BCUT2D eigenvalue weighted by Crippen LogP contribution is 2.29. The lowest BCUT2D eigenvalue weighted by Crippen LogP contribution is -2.16. The van der Waals surface area contributed by atoms with E-state index in [1.807, 2.05) is 26.0 Å². The van der Waals surface area contributed by atoms with Crippen LogP contribution in [-0.4, -0.2) is 42.2 Å². The molecular weight excluding hydrogens is 372 g/mol. The largest absolute Gasteiger partial charge is 0.497 e. The van der Waals surface area contributed by atoms with Crippen LogP contribution in [0, 0.1) is 13.8 Å². The number of ether oxygens (including phenoxy) is 3. The van der Waals surface area contributed by atoms with E-state index < -0.39 is 5.91 Å². The van der Waals surface area contributed by atoms with E-state index in [0.29, 0.717) is 22.9 Å². The predicted molar refractivity (Wildman–Crippen MR) is 109 cm³/mol. The van der Waals surface area contributed by atoms with Gasteiger partial charge in [-0.3, -0.25) is 4.79 Å². The van der Waals surface area contributed by atoms with Crippen molar-refractivity contribution in [2.24, 2.45) is 0 Å². The average Bonchev–Trinajstić information content (AvgIpc) is 3.11. The lowest BCUT2D eigenvalue weighted by atomic mass is 10.1. The third-order valence-electron chi connectivity index (χ3n) is 4.37. The van der Waals surface area contributed by atoms with Crippen LogP contribution in [0.15, 0.2) is 36.4 Å². The Balaban J connectivity index is 1.96. The van der Waals surface area contributed by atoms with Crippen LogP contribution >= 0.6 is 0 Å². The maximum atomic E-state index is 12.9. The third kappa shape index (κ3) is 4.38. The van der Waals surface area contributed by atoms with Gasteiger partial charge >= 0.3 is 0 Å². The van der Waals surface area contributed by atoms with Gasteiger partial charge in [-0.1, -0.05) is 11.3 Å². The summed E-state index contributed by atoms with van der Waals surface area (Å²) in [6, 6.07) is 11.2. The highest BCUT2D eigenvalue weighted by atomic mass is 16.5. The van der Waals surface area contributed by atoms with Crippen molar-refractivity contribution in [3.05, 3.63) is 58.9 Å². The predicted octanol–water partition coefficient (Wildman–Crippen LogP) is 3.30. The summed E-state index contributed by atoms with van der Waals surface area (Å²) in [6.45, 7) is 4.20. The molecule has 0 spiro atoms. The zero-order chi connectivity index (χ0) is 21.0. The van der Waals surface area contributed by atoms with Gasteiger partial charge in [0.1, 0.15) is 17.2 Å². The van der Waals surface area contributed by atoms with Crippen LogP contribution in [0.1, 0.15) is 27.3 Å². The van der Waals surface area contributed by atoms with Crippen LogP contribution in [-0.2, 0) is 11.3 Å². The van der Waals surface area contributed by atoms with Gasteiger partial charge in [-0.2, -0.15) is 0 Å². The van der Waals surface area contributed by atoms with Crippen LogP contribution in [0.25, 0.3) is 5.69 Å². The molecule has 0 aliphatic carbocycles. The fraction of sp³-hybridized carbons (Fsp3) is 0.286. The number of amides is 1. The van der Waals surface area contributed by atoms with E-state index in [-0.39, 0.29) is 12.3 Å². The van der Waals surface area contributed by atoms with Crippen LogP contribution < -0.4 is 14.8 Å². The van der Waals surface area contributed by atoms with Crippen LogP contribution in [0.5, 0.6) is 11.5 Å². The zero-order valence-electron chi connectivity index (χ0n) is 17.1. The number of hydrogen-bond donors (Lipinski definition) is 1. The molecule has 1 heterocycles. The number of benzene rings is 2. The molecule has 3 rings (SSSR count). The van der Waals surface area contributed by atoms with Gasteiger partial charge in [0.15, 0.2) is 5.69 Å². The fourth-order valence-corrected chi connectivity index (χ4v) is 3.11. The summed E-state index contributed by atoms with van der Waals surface area (Å²) >= 11 is 0. The van der Waals surface area contributed by atoms with Gasteiger partial charge < -0.3 is 19.5 Å². The molecule has 2 aromatic carbocycles. The molecule has 29 heavy (non-hydrogen) atoms. The number of carbonyl (C=O) groups excluding carboxylic acids is 1. The lowest BCUT2D eigenvalue weighted by Gasteiger charge is -2.12. The Morgan fingerprint density at radius 1 is 1.03 bits per heavy atom. The van der Waals surface area contributed by atoms with Crippen molar-refractivity contribution in [2.75, 3.05) is 26.6 Å². The molecule has 1 aromatic heterocycles. The van der Waals surface area contributed by atoms with Gasteiger partial charge in [-0.15, -0.1) is 5.10 Å². The van der Waals surface area contributed by atoms with Crippen molar-refractivity contribution in [1.29, 1.82) is 0 Å². The molecule has 0 radical (unpaired) electrons. The Morgan fingerprint density at radius 3 is 2.38 bits per heavy atom. The fourth-order valence-electron chi connectivity index (χ4n) is 3.11. The third-order valence-corrected chi connectivity index (χ3v) is 4.37. The maximum absolute atomic E-state index is 12.9. The molecule has 1 N–H and O–H groups in total. The minimum absolute atomic E-state index is 0.183. The highest BCUT2D eigenvalue weighted by molar-refractivity contribution is 6.04. The molecule has 152 valence electrons. The van der Waals surface area contributed by atoms with E-state index in [0.717, 1.165) is 16.8 Å². The van der Waals surface area contributed by atoms with Gasteiger partial charge in [0, 0.05) is 13.2 Å². The molecule has 1 amide bonds. The Hall–Kier alpha value is -3.39. The standard InChI is InChI=1S/C21H24N4O4/c1-13-8-14(2)10-15(9-13)25-18(12-27-3)20(23-24-25)21(26)22-17-7-6-16(28-4)11-19(17)29-5/h6-11H,12H2,1-5H3,(H,22,26). The number of aryl methyl sites for hydroxylation is 2. The molecule has 0 saturated carbocycles. The normalized spacial score (nSPS) is 10.7. The summed E-state index contributed by atoms with van der Waals surface area (Å²) < 4.78 is 17.5. The van der Waals surface area contributed by atoms with Gasteiger partial charge in [0.25, 0.3) is 5.91 Å². The average molecular weight is 396 g/mol. The number of hydrogen-bond acceptors (Lipinski definition) is 6. The number of rotatable bonds is 7. The quantitative estimate of drug-likeness (QED) is 0.659. The smallest absolute Gasteiger partial charge is 0.278 e. The number of nitrogens with one attached hydrogen (secondary N) is 1. The van der Waals surface area contributed by atoms with Crippen molar-refractivity contribution >= 4 is 11.6 Å². The van der Waals surface area contributed by atoms with Crippen molar-refractivity contribution in [3.63, 3.8) is 0 Å². The first-order valence-electron chi connectivity index (χ1n) is 9.02. The minimum atomic E-state index is -0.406. The molecule has 0 aliphatic heterocycles. The maximum Gasteiger partial charge on any atom is 0.278 e. The molecule has 8 nitrogen and oxygen atoms in total. The SMILES string of the molecule is COCc1c(C(=O)Nc2ccc(OC)cc2OC)nnn1-c1cc(C)cc(C)c1. The first kappa shape index (κ1) is 20.3. The first-order chi connectivity index (χ1) is 14.0. The highest BCUT2D eigenvalue weighted by Gasteiger charge is 2.22. The topological polar surface area (TPSA) is 87.5 Å². The monoisotopic (exact) mass is 396 g/mol. The zero-order valence-corrected chi connectivity index (χ0v) is 17.1. The number of aromatic nitrogens is 3. The molecule has 0 fully saturated rings. The number of methoxy groups -OCH3 is 3. The van der Waals surface area contributed by atoms with E-state index in [1.165, 1.54) is 7.11 Å². The van der Waals surface area contributed by atoms with Gasteiger partial charge in [-0.05, 0) is 49.2 Å². The Kier molecular flexibility index (Phi) is 6.13. The summed E-state index contributed by atoms with van der Waals surface area (Å²) in [7, 11) is 4.65. The molecule has 0 bridgehead atoms. The molecule has 0 aliphatic rings. The van der Waals surface area contributed by atoms with E-state index >= 15 is 0 Å². The van der Waals surface area contributed by atoms with Gasteiger partial charge in [0.05, 0.1) is 32.2 Å². The second kappa shape index (κ2) is 8.74. The van der Waals surface area contributed by atoms with Crippen LogP contribution in [0.2, 0.25) is 0 Å². The number of carbonyl (C=O) groups is 1. The first-order valence-corrected chi connectivity index (χ1v) is 9.02.